The van der Waals surface area contributed by atoms with E-state index < -0.39 is 0 Å². The van der Waals surface area contributed by atoms with Crippen LogP contribution in [-0.2, 0) is 0 Å². The van der Waals surface area contributed by atoms with E-state index in [4.69, 9.17) is 16.3 Å². The van der Waals surface area contributed by atoms with Gasteiger partial charge in [0.05, 0.1) is 5.56 Å². The molecule has 0 aromatic heterocycles. The SMILES string of the molecule is C[N+]1=C(c2ccccc2)c2cc(Cl)ccc2OCC1.[I-]. The minimum Gasteiger partial charge on any atom is -1.00 e. The Morgan fingerprint density at radius 1 is 1.10 bits per heavy atom. The molecule has 104 valence electrons. The first-order chi connectivity index (χ1) is 9.25. The maximum Gasteiger partial charge on any atom is 0.218 e. The third-order valence-electron chi connectivity index (χ3n) is 3.31. The van der Waals surface area contributed by atoms with Gasteiger partial charge in [0, 0.05) is 10.6 Å². The normalized spacial score (nSPS) is 13.9. The van der Waals surface area contributed by atoms with Crippen LogP contribution in [0.1, 0.15) is 11.1 Å². The maximum absolute atomic E-state index is 6.14. The van der Waals surface area contributed by atoms with E-state index in [2.05, 4.69) is 23.8 Å². The minimum absolute atomic E-state index is 0. The monoisotopic (exact) mass is 399 g/mol. The van der Waals surface area contributed by atoms with E-state index in [1.807, 2.05) is 36.4 Å². The standard InChI is InChI=1S/C16H15ClNO.HI/c1-18-9-10-19-15-8-7-13(17)11-14(15)16(18)12-5-3-2-4-6-12;/h2-8,11H,9-10H2,1H3;1H/q+1;/p-1. The molecule has 0 radical (unpaired) electrons. The van der Waals surface area contributed by atoms with E-state index in [0.29, 0.717) is 6.61 Å². The van der Waals surface area contributed by atoms with E-state index in [9.17, 15) is 0 Å². The molecule has 2 aromatic rings. The molecular weight excluding hydrogens is 385 g/mol. The van der Waals surface area contributed by atoms with Crippen LogP contribution in [0.5, 0.6) is 5.75 Å². The highest BCUT2D eigenvalue weighted by Crippen LogP contribution is 2.27. The Bertz CT molecular complexity index is 640. The van der Waals surface area contributed by atoms with Crippen molar-refractivity contribution in [1.82, 2.24) is 0 Å². The predicted octanol–water partition coefficient (Wildman–Crippen LogP) is 0.216. The summed E-state index contributed by atoms with van der Waals surface area (Å²) in [6.45, 7) is 1.54. The average molecular weight is 400 g/mol. The molecule has 20 heavy (non-hydrogen) atoms. The van der Waals surface area contributed by atoms with Gasteiger partial charge < -0.3 is 28.7 Å². The molecule has 0 saturated carbocycles. The highest BCUT2D eigenvalue weighted by Gasteiger charge is 2.24. The zero-order valence-corrected chi connectivity index (χ0v) is 14.1. The van der Waals surface area contributed by atoms with Crippen LogP contribution in [0.2, 0.25) is 5.02 Å². The van der Waals surface area contributed by atoms with Crippen molar-refractivity contribution < 1.29 is 33.3 Å². The fraction of sp³-hybridized carbons (Fsp3) is 0.188. The van der Waals surface area contributed by atoms with E-state index in [1.165, 1.54) is 5.56 Å². The molecule has 3 rings (SSSR count). The smallest absolute Gasteiger partial charge is 0.218 e. The summed E-state index contributed by atoms with van der Waals surface area (Å²) in [6.07, 6.45) is 0. The zero-order chi connectivity index (χ0) is 13.2. The average Bonchev–Trinajstić information content (AvgIpc) is 2.58. The first kappa shape index (κ1) is 15.3. The number of hydrogen-bond donors (Lipinski definition) is 0. The Morgan fingerprint density at radius 3 is 2.60 bits per heavy atom. The Hall–Kier alpha value is -1.07. The second-order valence-electron chi connectivity index (χ2n) is 4.63. The van der Waals surface area contributed by atoms with Crippen LogP contribution >= 0.6 is 11.6 Å². The van der Waals surface area contributed by atoms with Gasteiger partial charge in [0.25, 0.3) is 0 Å². The van der Waals surface area contributed by atoms with Gasteiger partial charge in [-0.3, -0.25) is 0 Å². The molecule has 1 aliphatic heterocycles. The molecular formula is C16H15ClINO. The van der Waals surface area contributed by atoms with Crippen molar-refractivity contribution in [3.63, 3.8) is 0 Å². The van der Waals surface area contributed by atoms with Crippen LogP contribution in [0, 0.1) is 0 Å². The van der Waals surface area contributed by atoms with E-state index in [1.54, 1.807) is 0 Å². The third kappa shape index (κ3) is 2.99. The Kier molecular flexibility index (Phi) is 5.05. The summed E-state index contributed by atoms with van der Waals surface area (Å²) in [7, 11) is 2.09. The minimum atomic E-state index is 0. The van der Waals surface area contributed by atoms with Gasteiger partial charge in [-0.1, -0.05) is 29.8 Å². The van der Waals surface area contributed by atoms with Crippen molar-refractivity contribution in [2.24, 2.45) is 0 Å². The first-order valence-electron chi connectivity index (χ1n) is 6.32. The molecule has 0 saturated heterocycles. The summed E-state index contributed by atoms with van der Waals surface area (Å²) < 4.78 is 8.02. The molecule has 0 atom stereocenters. The quantitative estimate of drug-likeness (QED) is 0.494. The summed E-state index contributed by atoms with van der Waals surface area (Å²) in [6, 6.07) is 16.1. The number of likely N-dealkylation sites (N-methyl/N-ethyl adjacent to an activating group) is 1. The summed E-state index contributed by atoms with van der Waals surface area (Å²) in [5, 5.41) is 0.728. The van der Waals surface area contributed by atoms with Crippen molar-refractivity contribution in [3.05, 3.63) is 64.7 Å². The van der Waals surface area contributed by atoms with Crippen LogP contribution in [0.15, 0.2) is 48.5 Å². The first-order valence-corrected chi connectivity index (χ1v) is 6.70. The van der Waals surface area contributed by atoms with E-state index >= 15 is 0 Å². The van der Waals surface area contributed by atoms with Crippen molar-refractivity contribution in [2.75, 3.05) is 20.2 Å². The molecule has 2 nitrogen and oxygen atoms in total. The number of ether oxygens (including phenoxy) is 1. The lowest BCUT2D eigenvalue weighted by atomic mass is 10.0. The van der Waals surface area contributed by atoms with Gasteiger partial charge in [0.15, 0.2) is 6.54 Å². The number of nitrogens with zero attached hydrogens (tertiary/aromatic N) is 1. The molecule has 0 amide bonds. The van der Waals surface area contributed by atoms with Crippen molar-refractivity contribution in [1.29, 1.82) is 0 Å². The summed E-state index contributed by atoms with van der Waals surface area (Å²) in [5.74, 6) is 0.896. The Balaban J connectivity index is 0.00000147. The lowest BCUT2D eigenvalue weighted by Gasteiger charge is -2.07. The van der Waals surface area contributed by atoms with Gasteiger partial charge in [-0.2, -0.15) is 0 Å². The van der Waals surface area contributed by atoms with Crippen molar-refractivity contribution >= 4 is 17.3 Å². The summed E-state index contributed by atoms with van der Waals surface area (Å²) in [5.41, 5.74) is 3.40. The fourth-order valence-corrected chi connectivity index (χ4v) is 2.57. The van der Waals surface area contributed by atoms with Gasteiger partial charge in [0.1, 0.15) is 19.4 Å². The van der Waals surface area contributed by atoms with E-state index in [-0.39, 0.29) is 24.0 Å². The predicted molar refractivity (Wildman–Crippen MR) is 77.7 cm³/mol. The highest BCUT2D eigenvalue weighted by atomic mass is 127. The lowest BCUT2D eigenvalue weighted by molar-refractivity contribution is -0.496. The highest BCUT2D eigenvalue weighted by molar-refractivity contribution is 6.31. The summed E-state index contributed by atoms with van der Waals surface area (Å²) in [4.78, 5) is 0. The van der Waals surface area contributed by atoms with Gasteiger partial charge >= 0.3 is 0 Å². The number of benzene rings is 2. The molecule has 4 heteroatoms. The molecule has 0 fully saturated rings. The molecule has 0 unspecified atom stereocenters. The fourth-order valence-electron chi connectivity index (χ4n) is 2.39. The number of rotatable bonds is 1. The molecule has 0 spiro atoms. The van der Waals surface area contributed by atoms with Crippen LogP contribution in [-0.4, -0.2) is 30.5 Å². The molecule has 0 aliphatic carbocycles. The van der Waals surface area contributed by atoms with Crippen LogP contribution < -0.4 is 28.7 Å². The lowest BCUT2D eigenvalue weighted by Crippen LogP contribution is -3.00. The van der Waals surface area contributed by atoms with Gasteiger partial charge in [-0.25, -0.2) is 4.58 Å². The van der Waals surface area contributed by atoms with Gasteiger partial charge in [-0.15, -0.1) is 0 Å². The largest absolute Gasteiger partial charge is 1.00 e. The summed E-state index contributed by atoms with van der Waals surface area (Å²) >= 11 is 6.14. The molecule has 1 aliphatic rings. The van der Waals surface area contributed by atoms with E-state index in [0.717, 1.165) is 28.6 Å². The molecule has 0 N–H and O–H groups in total. The van der Waals surface area contributed by atoms with Gasteiger partial charge in [-0.05, 0) is 30.3 Å². The van der Waals surface area contributed by atoms with Crippen LogP contribution in [0.4, 0.5) is 0 Å². The second-order valence-corrected chi connectivity index (χ2v) is 5.06. The second kappa shape index (κ2) is 6.59. The number of hydrogen-bond acceptors (Lipinski definition) is 1. The Labute approximate surface area is 141 Å². The molecule has 2 aromatic carbocycles. The number of fused-ring (bicyclic) bond motifs is 1. The topological polar surface area (TPSA) is 12.2 Å². The Morgan fingerprint density at radius 2 is 1.85 bits per heavy atom. The number of halogens is 2. The van der Waals surface area contributed by atoms with Gasteiger partial charge in [0.2, 0.25) is 5.71 Å². The third-order valence-corrected chi connectivity index (χ3v) is 3.55. The zero-order valence-electron chi connectivity index (χ0n) is 11.1. The van der Waals surface area contributed by atoms with Crippen molar-refractivity contribution in [3.8, 4) is 5.75 Å². The molecule has 0 bridgehead atoms. The van der Waals surface area contributed by atoms with Crippen LogP contribution in [0.25, 0.3) is 0 Å². The van der Waals surface area contributed by atoms with Crippen molar-refractivity contribution in [2.45, 2.75) is 0 Å². The van der Waals surface area contributed by atoms with Crippen LogP contribution in [0.3, 0.4) is 0 Å². The maximum atomic E-state index is 6.14. The molecule has 1 heterocycles.